The second-order valence-corrected chi connectivity index (χ2v) is 4.89. The van der Waals surface area contributed by atoms with Crippen LogP contribution in [0.15, 0.2) is 41.2 Å². The largest absolute Gasteiger partial charge is 0.497 e. The number of benzene rings is 2. The highest BCUT2D eigenvalue weighted by Gasteiger charge is 2.11. The minimum atomic E-state index is -0.306. The van der Waals surface area contributed by atoms with Crippen LogP contribution in [0.1, 0.15) is 10.4 Å². The molecular formula is C16H15N3O4. The van der Waals surface area contributed by atoms with Crippen LogP contribution in [0.4, 0.5) is 5.69 Å². The predicted octanol–water partition coefficient (Wildman–Crippen LogP) is 2.13. The van der Waals surface area contributed by atoms with Gasteiger partial charge in [-0.3, -0.25) is 4.79 Å². The third kappa shape index (κ3) is 3.03. The van der Waals surface area contributed by atoms with E-state index in [2.05, 4.69) is 15.3 Å². The van der Waals surface area contributed by atoms with Crippen molar-refractivity contribution >= 4 is 22.6 Å². The first-order valence-electron chi connectivity index (χ1n) is 6.85. The maximum absolute atomic E-state index is 12.4. The van der Waals surface area contributed by atoms with E-state index in [9.17, 15) is 9.59 Å². The molecule has 0 saturated heterocycles. The van der Waals surface area contributed by atoms with Crippen molar-refractivity contribution in [3.8, 4) is 11.5 Å². The molecule has 0 aliphatic carbocycles. The van der Waals surface area contributed by atoms with Gasteiger partial charge in [-0.2, -0.15) is 0 Å². The van der Waals surface area contributed by atoms with Gasteiger partial charge in [-0.05, 0) is 30.3 Å². The van der Waals surface area contributed by atoms with Gasteiger partial charge in [0.1, 0.15) is 11.5 Å². The van der Waals surface area contributed by atoms with Crippen LogP contribution in [0.25, 0.3) is 11.0 Å². The van der Waals surface area contributed by atoms with Gasteiger partial charge in [0.25, 0.3) is 5.91 Å². The number of H-pyrrole nitrogens is 2. The van der Waals surface area contributed by atoms with Gasteiger partial charge >= 0.3 is 5.69 Å². The molecule has 7 nitrogen and oxygen atoms in total. The fourth-order valence-electron chi connectivity index (χ4n) is 2.25. The molecule has 0 spiro atoms. The van der Waals surface area contributed by atoms with Crippen LogP contribution < -0.4 is 20.5 Å². The molecule has 0 radical (unpaired) electrons. The molecule has 0 fully saturated rings. The number of aromatic nitrogens is 2. The van der Waals surface area contributed by atoms with Gasteiger partial charge < -0.3 is 24.8 Å². The number of methoxy groups -OCH3 is 2. The number of amides is 1. The number of fused-ring (bicyclic) bond motifs is 1. The zero-order valence-corrected chi connectivity index (χ0v) is 12.6. The number of ether oxygens (including phenoxy) is 2. The highest BCUT2D eigenvalue weighted by atomic mass is 16.5. The van der Waals surface area contributed by atoms with Crippen molar-refractivity contribution in [1.82, 2.24) is 9.97 Å². The molecular weight excluding hydrogens is 298 g/mol. The number of rotatable bonds is 4. The van der Waals surface area contributed by atoms with Gasteiger partial charge in [0.15, 0.2) is 0 Å². The van der Waals surface area contributed by atoms with E-state index in [1.54, 1.807) is 36.4 Å². The Kier molecular flexibility index (Phi) is 3.76. The molecule has 0 bridgehead atoms. The normalized spacial score (nSPS) is 10.5. The number of imidazole rings is 1. The minimum Gasteiger partial charge on any atom is -0.497 e. The molecule has 1 amide bonds. The Labute approximate surface area is 131 Å². The Morgan fingerprint density at radius 2 is 1.61 bits per heavy atom. The Hall–Kier alpha value is -3.22. The molecule has 1 aromatic heterocycles. The average Bonchev–Trinajstić information content (AvgIpc) is 2.93. The number of hydrogen-bond donors (Lipinski definition) is 3. The molecule has 0 aliphatic heterocycles. The maximum Gasteiger partial charge on any atom is 0.323 e. The van der Waals surface area contributed by atoms with Gasteiger partial charge in [0.05, 0.1) is 25.3 Å². The van der Waals surface area contributed by atoms with E-state index in [-0.39, 0.29) is 11.6 Å². The number of aromatic amines is 2. The van der Waals surface area contributed by atoms with Gasteiger partial charge in [0, 0.05) is 17.3 Å². The number of anilines is 1. The summed E-state index contributed by atoms with van der Waals surface area (Å²) < 4.78 is 10.3. The zero-order chi connectivity index (χ0) is 16.4. The van der Waals surface area contributed by atoms with Crippen LogP contribution in [0.2, 0.25) is 0 Å². The van der Waals surface area contributed by atoms with E-state index in [0.29, 0.717) is 33.8 Å². The van der Waals surface area contributed by atoms with Crippen LogP contribution in [0.3, 0.4) is 0 Å². The zero-order valence-electron chi connectivity index (χ0n) is 12.6. The smallest absolute Gasteiger partial charge is 0.323 e. The molecule has 2 aromatic carbocycles. The first kappa shape index (κ1) is 14.7. The fourth-order valence-corrected chi connectivity index (χ4v) is 2.25. The molecule has 0 saturated carbocycles. The SMILES string of the molecule is COc1cc(OC)cc(C(=O)Nc2ccc3[nH]c(=O)[nH]c3c2)c1. The average molecular weight is 313 g/mol. The predicted molar refractivity (Wildman–Crippen MR) is 86.4 cm³/mol. The number of carbonyl (C=O) groups excluding carboxylic acids is 1. The van der Waals surface area contributed by atoms with Gasteiger partial charge in [0.2, 0.25) is 0 Å². The van der Waals surface area contributed by atoms with Crippen molar-refractivity contribution in [3.05, 3.63) is 52.4 Å². The second-order valence-electron chi connectivity index (χ2n) is 4.89. The summed E-state index contributed by atoms with van der Waals surface area (Å²) in [6, 6.07) is 10.0. The van der Waals surface area contributed by atoms with Crippen molar-refractivity contribution in [2.24, 2.45) is 0 Å². The summed E-state index contributed by atoms with van der Waals surface area (Å²) in [6.45, 7) is 0. The molecule has 3 aromatic rings. The maximum atomic E-state index is 12.4. The lowest BCUT2D eigenvalue weighted by Gasteiger charge is -2.09. The fraction of sp³-hybridized carbons (Fsp3) is 0.125. The molecule has 1 heterocycles. The monoisotopic (exact) mass is 313 g/mol. The van der Waals surface area contributed by atoms with Gasteiger partial charge in [-0.15, -0.1) is 0 Å². The van der Waals surface area contributed by atoms with Crippen molar-refractivity contribution in [1.29, 1.82) is 0 Å². The van der Waals surface area contributed by atoms with Crippen molar-refractivity contribution in [2.45, 2.75) is 0 Å². The molecule has 7 heteroatoms. The lowest BCUT2D eigenvalue weighted by Crippen LogP contribution is -2.12. The van der Waals surface area contributed by atoms with Crippen LogP contribution >= 0.6 is 0 Å². The molecule has 0 aliphatic rings. The van der Waals surface area contributed by atoms with E-state index in [4.69, 9.17) is 9.47 Å². The van der Waals surface area contributed by atoms with E-state index in [1.165, 1.54) is 14.2 Å². The second kappa shape index (κ2) is 5.88. The summed E-state index contributed by atoms with van der Waals surface area (Å²) in [5.74, 6) is 0.749. The standard InChI is InChI=1S/C16H15N3O4/c1-22-11-5-9(6-12(8-11)23-2)15(20)17-10-3-4-13-14(7-10)19-16(21)18-13/h3-8H,1-2H3,(H,17,20)(H2,18,19,21). The van der Waals surface area contributed by atoms with Crippen molar-refractivity contribution in [3.63, 3.8) is 0 Å². The summed E-state index contributed by atoms with van der Waals surface area (Å²) in [4.78, 5) is 28.9. The third-order valence-corrected chi connectivity index (χ3v) is 3.39. The Balaban J connectivity index is 1.89. The number of carbonyl (C=O) groups is 1. The summed E-state index contributed by atoms with van der Waals surface area (Å²) >= 11 is 0. The summed E-state index contributed by atoms with van der Waals surface area (Å²) in [5.41, 5.74) is 1.98. The molecule has 0 atom stereocenters. The van der Waals surface area contributed by atoms with E-state index in [1.807, 2.05) is 0 Å². The van der Waals surface area contributed by atoms with E-state index >= 15 is 0 Å². The topological polar surface area (TPSA) is 96.2 Å². The summed E-state index contributed by atoms with van der Waals surface area (Å²) in [7, 11) is 3.04. The highest BCUT2D eigenvalue weighted by molar-refractivity contribution is 6.05. The highest BCUT2D eigenvalue weighted by Crippen LogP contribution is 2.23. The van der Waals surface area contributed by atoms with Crippen molar-refractivity contribution in [2.75, 3.05) is 19.5 Å². The Bertz CT molecular complexity index is 904. The molecule has 118 valence electrons. The third-order valence-electron chi connectivity index (χ3n) is 3.39. The number of hydrogen-bond acceptors (Lipinski definition) is 4. The lowest BCUT2D eigenvalue weighted by atomic mass is 10.1. The molecule has 23 heavy (non-hydrogen) atoms. The van der Waals surface area contributed by atoms with E-state index in [0.717, 1.165) is 0 Å². The first-order valence-corrected chi connectivity index (χ1v) is 6.85. The first-order chi connectivity index (χ1) is 11.1. The summed E-state index contributed by atoms with van der Waals surface area (Å²) in [6.07, 6.45) is 0. The van der Waals surface area contributed by atoms with Gasteiger partial charge in [-0.25, -0.2) is 4.79 Å². The van der Waals surface area contributed by atoms with Crippen LogP contribution in [-0.4, -0.2) is 30.1 Å². The van der Waals surface area contributed by atoms with E-state index < -0.39 is 0 Å². The van der Waals surface area contributed by atoms with Crippen LogP contribution in [0, 0.1) is 0 Å². The van der Waals surface area contributed by atoms with Crippen LogP contribution in [-0.2, 0) is 0 Å². The molecule has 0 unspecified atom stereocenters. The van der Waals surface area contributed by atoms with Gasteiger partial charge in [-0.1, -0.05) is 0 Å². The minimum absolute atomic E-state index is 0.291. The Morgan fingerprint density at radius 3 is 2.26 bits per heavy atom. The van der Waals surface area contributed by atoms with Crippen molar-refractivity contribution < 1.29 is 14.3 Å². The number of nitrogens with one attached hydrogen (secondary N) is 3. The molecule has 3 rings (SSSR count). The lowest BCUT2D eigenvalue weighted by molar-refractivity contribution is 0.102. The van der Waals surface area contributed by atoms with Crippen LogP contribution in [0.5, 0.6) is 11.5 Å². The molecule has 3 N–H and O–H groups in total. The Morgan fingerprint density at radius 1 is 0.957 bits per heavy atom. The quantitative estimate of drug-likeness (QED) is 0.687. The summed E-state index contributed by atoms with van der Waals surface area (Å²) in [5, 5.41) is 2.78.